The normalized spacial score (nSPS) is 17.8. The van der Waals surface area contributed by atoms with Gasteiger partial charge in [0.15, 0.2) is 0 Å². The third-order valence-corrected chi connectivity index (χ3v) is 4.37. The molecule has 1 heterocycles. The van der Waals surface area contributed by atoms with Crippen molar-refractivity contribution in [3.8, 4) is 11.4 Å². The number of halogens is 1. The summed E-state index contributed by atoms with van der Waals surface area (Å²) < 4.78 is 6.35. The van der Waals surface area contributed by atoms with Crippen molar-refractivity contribution in [2.75, 3.05) is 0 Å². The minimum atomic E-state index is -0.428. The van der Waals surface area contributed by atoms with E-state index >= 15 is 0 Å². The Morgan fingerprint density at radius 2 is 2.05 bits per heavy atom. The van der Waals surface area contributed by atoms with Gasteiger partial charge in [-0.3, -0.25) is 0 Å². The second-order valence-corrected chi connectivity index (χ2v) is 6.12. The molecule has 0 unspecified atom stereocenters. The van der Waals surface area contributed by atoms with E-state index in [1.807, 2.05) is 25.1 Å². The molecule has 1 aromatic heterocycles. The molecule has 1 aliphatic rings. The highest BCUT2D eigenvalue weighted by Gasteiger charge is 2.37. The van der Waals surface area contributed by atoms with Crippen LogP contribution < -0.4 is 5.73 Å². The van der Waals surface area contributed by atoms with Crippen LogP contribution in [0.3, 0.4) is 0 Å². The van der Waals surface area contributed by atoms with Gasteiger partial charge < -0.3 is 10.3 Å². The van der Waals surface area contributed by atoms with Gasteiger partial charge in [0, 0.05) is 10.0 Å². The summed E-state index contributed by atoms with van der Waals surface area (Å²) in [6.45, 7) is 2.05. The van der Waals surface area contributed by atoms with Crippen LogP contribution in [0, 0.1) is 6.92 Å². The lowest BCUT2D eigenvalue weighted by Gasteiger charge is -2.17. The van der Waals surface area contributed by atoms with E-state index < -0.39 is 5.54 Å². The van der Waals surface area contributed by atoms with Gasteiger partial charge >= 0.3 is 0 Å². The molecule has 0 bridgehead atoms. The fourth-order valence-electron chi connectivity index (χ4n) is 2.56. The molecular formula is C14H16BrN3O. The van der Waals surface area contributed by atoms with Crippen molar-refractivity contribution in [2.24, 2.45) is 5.73 Å². The molecule has 1 saturated carbocycles. The molecule has 0 saturated heterocycles. The summed E-state index contributed by atoms with van der Waals surface area (Å²) in [6.07, 6.45) is 4.10. The van der Waals surface area contributed by atoms with Crippen molar-refractivity contribution in [3.05, 3.63) is 34.1 Å². The Morgan fingerprint density at radius 1 is 1.32 bits per heavy atom. The SMILES string of the molecule is Cc1ccc(-c2noc(C3(N)CCCC3)n2)c(Br)c1. The summed E-state index contributed by atoms with van der Waals surface area (Å²) in [5.74, 6) is 1.16. The van der Waals surface area contributed by atoms with Gasteiger partial charge in [-0.05, 0) is 37.5 Å². The highest BCUT2D eigenvalue weighted by Crippen LogP contribution is 2.36. The first-order valence-corrected chi connectivity index (χ1v) is 7.27. The smallest absolute Gasteiger partial charge is 0.247 e. The monoisotopic (exact) mass is 321 g/mol. The van der Waals surface area contributed by atoms with Crippen LogP contribution in [-0.4, -0.2) is 10.1 Å². The minimum absolute atomic E-state index is 0.428. The average molecular weight is 322 g/mol. The van der Waals surface area contributed by atoms with Crippen LogP contribution >= 0.6 is 15.9 Å². The van der Waals surface area contributed by atoms with Crippen molar-refractivity contribution in [2.45, 2.75) is 38.1 Å². The van der Waals surface area contributed by atoms with E-state index in [0.717, 1.165) is 35.7 Å². The molecule has 0 radical (unpaired) electrons. The molecule has 0 aliphatic heterocycles. The van der Waals surface area contributed by atoms with Gasteiger partial charge in [-0.2, -0.15) is 4.98 Å². The Kier molecular flexibility index (Phi) is 3.19. The van der Waals surface area contributed by atoms with E-state index in [0.29, 0.717) is 11.7 Å². The van der Waals surface area contributed by atoms with Crippen molar-refractivity contribution in [1.29, 1.82) is 0 Å². The fraction of sp³-hybridized carbons (Fsp3) is 0.429. The summed E-state index contributed by atoms with van der Waals surface area (Å²) in [7, 11) is 0. The molecule has 0 atom stereocenters. The molecule has 3 rings (SSSR count). The van der Waals surface area contributed by atoms with Crippen LogP contribution in [0.1, 0.15) is 37.1 Å². The van der Waals surface area contributed by atoms with Crippen LogP contribution in [0.4, 0.5) is 0 Å². The summed E-state index contributed by atoms with van der Waals surface area (Å²) in [4.78, 5) is 4.49. The van der Waals surface area contributed by atoms with Gasteiger partial charge in [-0.15, -0.1) is 0 Å². The third kappa shape index (κ3) is 2.32. The first-order chi connectivity index (χ1) is 9.08. The van der Waals surface area contributed by atoms with Crippen molar-refractivity contribution in [3.63, 3.8) is 0 Å². The molecule has 4 nitrogen and oxygen atoms in total. The van der Waals surface area contributed by atoms with E-state index in [2.05, 4.69) is 26.1 Å². The van der Waals surface area contributed by atoms with Crippen LogP contribution in [0.5, 0.6) is 0 Å². The maximum atomic E-state index is 6.33. The van der Waals surface area contributed by atoms with Crippen molar-refractivity contribution < 1.29 is 4.52 Å². The van der Waals surface area contributed by atoms with Crippen LogP contribution in [-0.2, 0) is 5.54 Å². The Balaban J connectivity index is 1.97. The largest absolute Gasteiger partial charge is 0.337 e. The van der Waals surface area contributed by atoms with Gasteiger partial charge in [-0.25, -0.2) is 0 Å². The summed E-state index contributed by atoms with van der Waals surface area (Å²) in [6, 6.07) is 6.06. The van der Waals surface area contributed by atoms with Gasteiger partial charge in [0.2, 0.25) is 11.7 Å². The van der Waals surface area contributed by atoms with E-state index in [1.165, 1.54) is 5.56 Å². The number of nitrogens with two attached hydrogens (primary N) is 1. The molecule has 0 amide bonds. The standard InChI is InChI=1S/C14H16BrN3O/c1-9-4-5-10(11(15)8-9)12-17-13(19-18-12)14(16)6-2-3-7-14/h4-5,8H,2-3,6-7,16H2,1H3. The zero-order chi connectivity index (χ0) is 13.5. The molecule has 19 heavy (non-hydrogen) atoms. The van der Waals surface area contributed by atoms with Gasteiger partial charge in [0.25, 0.3) is 0 Å². The molecule has 2 aromatic rings. The van der Waals surface area contributed by atoms with Crippen molar-refractivity contribution >= 4 is 15.9 Å². The second-order valence-electron chi connectivity index (χ2n) is 5.27. The van der Waals surface area contributed by atoms with Crippen LogP contribution in [0.25, 0.3) is 11.4 Å². The van der Waals surface area contributed by atoms with Gasteiger partial charge in [0.05, 0.1) is 5.54 Å². The molecule has 2 N–H and O–H groups in total. The summed E-state index contributed by atoms with van der Waals surface area (Å²) in [5, 5.41) is 4.07. The maximum absolute atomic E-state index is 6.33. The van der Waals surface area contributed by atoms with E-state index in [4.69, 9.17) is 10.3 Å². The average Bonchev–Trinajstić information content (AvgIpc) is 2.99. The van der Waals surface area contributed by atoms with Crippen LogP contribution in [0.15, 0.2) is 27.2 Å². The predicted octanol–water partition coefficient (Wildman–Crippen LogP) is 3.54. The number of aryl methyl sites for hydroxylation is 1. The Hall–Kier alpha value is -1.20. The molecular weight excluding hydrogens is 306 g/mol. The van der Waals surface area contributed by atoms with Gasteiger partial charge in [-0.1, -0.05) is 40.0 Å². The van der Waals surface area contributed by atoms with E-state index in [-0.39, 0.29) is 0 Å². The second kappa shape index (κ2) is 4.72. The zero-order valence-electron chi connectivity index (χ0n) is 10.8. The predicted molar refractivity (Wildman–Crippen MR) is 76.5 cm³/mol. The summed E-state index contributed by atoms with van der Waals surface area (Å²) >= 11 is 3.54. The molecule has 1 fully saturated rings. The quantitative estimate of drug-likeness (QED) is 0.918. The number of hydrogen-bond donors (Lipinski definition) is 1. The Labute approximate surface area is 120 Å². The molecule has 0 spiro atoms. The lowest BCUT2D eigenvalue weighted by molar-refractivity contribution is 0.285. The van der Waals surface area contributed by atoms with E-state index in [1.54, 1.807) is 0 Å². The maximum Gasteiger partial charge on any atom is 0.247 e. The lowest BCUT2D eigenvalue weighted by atomic mass is 9.99. The minimum Gasteiger partial charge on any atom is -0.337 e. The molecule has 100 valence electrons. The zero-order valence-corrected chi connectivity index (χ0v) is 12.4. The van der Waals surface area contributed by atoms with Crippen molar-refractivity contribution in [1.82, 2.24) is 10.1 Å². The fourth-order valence-corrected chi connectivity index (χ4v) is 3.23. The Bertz CT molecular complexity index is 602. The highest BCUT2D eigenvalue weighted by atomic mass is 79.9. The lowest BCUT2D eigenvalue weighted by Crippen LogP contribution is -2.33. The molecule has 1 aliphatic carbocycles. The number of aromatic nitrogens is 2. The third-order valence-electron chi connectivity index (χ3n) is 3.71. The number of benzene rings is 1. The Morgan fingerprint density at radius 3 is 2.74 bits per heavy atom. The first-order valence-electron chi connectivity index (χ1n) is 6.48. The first kappa shape index (κ1) is 12.8. The van der Waals surface area contributed by atoms with Crippen LogP contribution in [0.2, 0.25) is 0 Å². The van der Waals surface area contributed by atoms with E-state index in [9.17, 15) is 0 Å². The number of nitrogens with zero attached hydrogens (tertiary/aromatic N) is 2. The summed E-state index contributed by atoms with van der Waals surface area (Å²) in [5.41, 5.74) is 8.02. The number of rotatable bonds is 2. The molecule has 1 aromatic carbocycles. The highest BCUT2D eigenvalue weighted by molar-refractivity contribution is 9.10. The molecule has 5 heteroatoms. The number of hydrogen-bond acceptors (Lipinski definition) is 4. The topological polar surface area (TPSA) is 64.9 Å². The van der Waals surface area contributed by atoms with Gasteiger partial charge in [0.1, 0.15) is 0 Å².